The van der Waals surface area contributed by atoms with Crippen LogP contribution < -0.4 is 9.47 Å². The average molecular weight is 253 g/mol. The van der Waals surface area contributed by atoms with E-state index in [1.54, 1.807) is 6.07 Å². The van der Waals surface area contributed by atoms with Crippen molar-refractivity contribution in [2.24, 2.45) is 0 Å². The lowest BCUT2D eigenvalue weighted by molar-refractivity contribution is -0.0767. The van der Waals surface area contributed by atoms with Crippen molar-refractivity contribution in [3.8, 4) is 11.5 Å². The highest BCUT2D eigenvalue weighted by Gasteiger charge is 2.11. The topological polar surface area (TPSA) is 36.9 Å². The molecule has 0 fully saturated rings. The first-order valence-electron chi connectivity index (χ1n) is 6.24. The van der Waals surface area contributed by atoms with Crippen LogP contribution in [0, 0.1) is 6.07 Å². The first kappa shape index (κ1) is 14.8. The summed E-state index contributed by atoms with van der Waals surface area (Å²) in [4.78, 5) is 0. The Balaban J connectivity index is 2.66. The number of para-hydroxylation sites is 1. The molecule has 2 atom stereocenters. The Morgan fingerprint density at radius 2 is 1.67 bits per heavy atom. The molecule has 0 aliphatic rings. The molecule has 0 aromatic heterocycles. The summed E-state index contributed by atoms with van der Waals surface area (Å²) in [6.07, 6.45) is -0.658. The Kier molecular flexibility index (Phi) is 6.54. The molecule has 0 saturated carbocycles. The molecule has 18 heavy (non-hydrogen) atoms. The van der Waals surface area contributed by atoms with Crippen LogP contribution in [0.15, 0.2) is 18.2 Å². The monoisotopic (exact) mass is 253 g/mol. The molecule has 4 nitrogen and oxygen atoms in total. The zero-order chi connectivity index (χ0) is 13.4. The molecule has 0 aliphatic carbocycles. The second-order valence-corrected chi connectivity index (χ2v) is 3.65. The van der Waals surface area contributed by atoms with Crippen LogP contribution in [0.3, 0.4) is 0 Å². The van der Waals surface area contributed by atoms with Gasteiger partial charge in [0, 0.05) is 19.3 Å². The van der Waals surface area contributed by atoms with E-state index >= 15 is 0 Å². The van der Waals surface area contributed by atoms with E-state index in [0.29, 0.717) is 24.7 Å². The SMILES string of the molecule is CCOC(C)Oc1[c]cccc1OC(C)OCC. The highest BCUT2D eigenvalue weighted by Crippen LogP contribution is 2.28. The minimum atomic E-state index is -0.335. The van der Waals surface area contributed by atoms with Gasteiger partial charge < -0.3 is 18.9 Å². The van der Waals surface area contributed by atoms with Crippen LogP contribution in [0.4, 0.5) is 0 Å². The maximum absolute atomic E-state index is 5.63. The normalized spacial score (nSPS) is 14.0. The van der Waals surface area contributed by atoms with Crippen LogP contribution in [0.5, 0.6) is 11.5 Å². The summed E-state index contributed by atoms with van der Waals surface area (Å²) in [5, 5.41) is 0. The van der Waals surface area contributed by atoms with Crippen molar-refractivity contribution in [1.82, 2.24) is 0 Å². The molecule has 1 rings (SSSR count). The maximum atomic E-state index is 5.63. The van der Waals surface area contributed by atoms with Gasteiger partial charge in [-0.05, 0) is 33.8 Å². The van der Waals surface area contributed by atoms with Gasteiger partial charge in [0.15, 0.2) is 24.1 Å². The van der Waals surface area contributed by atoms with Gasteiger partial charge in [0.1, 0.15) is 0 Å². The van der Waals surface area contributed by atoms with Crippen LogP contribution in [0.1, 0.15) is 27.7 Å². The molecule has 0 aliphatic heterocycles. The van der Waals surface area contributed by atoms with Crippen LogP contribution in [0.2, 0.25) is 0 Å². The van der Waals surface area contributed by atoms with Gasteiger partial charge in [0.2, 0.25) is 0 Å². The van der Waals surface area contributed by atoms with Gasteiger partial charge in [0.25, 0.3) is 0 Å². The molecule has 1 aromatic carbocycles. The van der Waals surface area contributed by atoms with E-state index in [1.807, 2.05) is 39.8 Å². The predicted octanol–water partition coefficient (Wildman–Crippen LogP) is 3.01. The third-order valence-electron chi connectivity index (χ3n) is 2.16. The van der Waals surface area contributed by atoms with Crippen molar-refractivity contribution in [2.45, 2.75) is 40.3 Å². The number of rotatable bonds is 8. The summed E-state index contributed by atoms with van der Waals surface area (Å²) in [6.45, 7) is 8.71. The van der Waals surface area contributed by atoms with Gasteiger partial charge >= 0.3 is 0 Å². The zero-order valence-corrected chi connectivity index (χ0v) is 11.4. The number of benzene rings is 1. The molecular formula is C14H21O4. The Bertz CT molecular complexity index is 307. The molecular weight excluding hydrogens is 232 g/mol. The van der Waals surface area contributed by atoms with Gasteiger partial charge in [-0.3, -0.25) is 0 Å². The van der Waals surface area contributed by atoms with Crippen molar-refractivity contribution < 1.29 is 18.9 Å². The molecule has 1 radical (unpaired) electrons. The lowest BCUT2D eigenvalue weighted by Crippen LogP contribution is -2.19. The van der Waals surface area contributed by atoms with E-state index in [0.717, 1.165) is 0 Å². The third-order valence-corrected chi connectivity index (χ3v) is 2.16. The van der Waals surface area contributed by atoms with E-state index in [-0.39, 0.29) is 12.6 Å². The summed E-state index contributed by atoms with van der Waals surface area (Å²) in [6, 6.07) is 8.42. The molecule has 0 spiro atoms. The molecule has 0 heterocycles. The lowest BCUT2D eigenvalue weighted by Gasteiger charge is -2.19. The highest BCUT2D eigenvalue weighted by molar-refractivity contribution is 5.38. The molecule has 4 heteroatoms. The summed E-state index contributed by atoms with van der Waals surface area (Å²) in [7, 11) is 0. The van der Waals surface area contributed by atoms with Crippen molar-refractivity contribution in [3.63, 3.8) is 0 Å². The number of ether oxygens (including phenoxy) is 4. The average Bonchev–Trinajstić information content (AvgIpc) is 2.32. The molecule has 2 unspecified atom stereocenters. The standard InChI is InChI=1S/C14H21O4/c1-5-15-11(3)17-13-9-7-8-10-14(13)18-12(4)16-6-2/h7-9,11-12H,5-6H2,1-4H3. The summed E-state index contributed by atoms with van der Waals surface area (Å²) >= 11 is 0. The first-order chi connectivity index (χ1) is 8.67. The predicted molar refractivity (Wildman–Crippen MR) is 68.7 cm³/mol. The molecule has 0 amide bonds. The van der Waals surface area contributed by atoms with E-state index in [2.05, 4.69) is 6.07 Å². The van der Waals surface area contributed by atoms with Crippen LogP contribution in [-0.2, 0) is 9.47 Å². The van der Waals surface area contributed by atoms with E-state index in [1.165, 1.54) is 0 Å². The van der Waals surface area contributed by atoms with Crippen molar-refractivity contribution >= 4 is 0 Å². The van der Waals surface area contributed by atoms with Gasteiger partial charge in [0.05, 0.1) is 0 Å². The number of hydrogen-bond acceptors (Lipinski definition) is 4. The molecule has 0 N–H and O–H groups in total. The fourth-order valence-corrected chi connectivity index (χ4v) is 1.47. The van der Waals surface area contributed by atoms with Crippen LogP contribution >= 0.6 is 0 Å². The van der Waals surface area contributed by atoms with Gasteiger partial charge in [-0.25, -0.2) is 0 Å². The van der Waals surface area contributed by atoms with Gasteiger partial charge in [-0.1, -0.05) is 12.1 Å². The molecule has 1 aromatic rings. The van der Waals surface area contributed by atoms with E-state index in [4.69, 9.17) is 18.9 Å². The molecule has 101 valence electrons. The van der Waals surface area contributed by atoms with Crippen LogP contribution in [-0.4, -0.2) is 25.8 Å². The highest BCUT2D eigenvalue weighted by atomic mass is 16.7. The Hall–Kier alpha value is -1.26. The minimum Gasteiger partial charge on any atom is -0.461 e. The van der Waals surface area contributed by atoms with Crippen molar-refractivity contribution in [1.29, 1.82) is 0 Å². The van der Waals surface area contributed by atoms with Gasteiger partial charge in [-0.15, -0.1) is 0 Å². The molecule has 0 saturated heterocycles. The minimum absolute atomic E-state index is 0.324. The Labute approximate surface area is 109 Å². The first-order valence-corrected chi connectivity index (χ1v) is 6.24. The summed E-state index contributed by atoms with van der Waals surface area (Å²) in [5.74, 6) is 1.13. The van der Waals surface area contributed by atoms with E-state index in [9.17, 15) is 0 Å². The lowest BCUT2D eigenvalue weighted by atomic mass is 10.3. The summed E-state index contributed by atoms with van der Waals surface area (Å²) < 4.78 is 21.9. The Morgan fingerprint density at radius 3 is 2.28 bits per heavy atom. The van der Waals surface area contributed by atoms with E-state index < -0.39 is 0 Å². The summed E-state index contributed by atoms with van der Waals surface area (Å²) in [5.41, 5.74) is 0. The molecule has 0 bridgehead atoms. The smallest absolute Gasteiger partial charge is 0.197 e. The van der Waals surface area contributed by atoms with Crippen molar-refractivity contribution in [2.75, 3.05) is 13.2 Å². The Morgan fingerprint density at radius 1 is 1.06 bits per heavy atom. The quantitative estimate of drug-likeness (QED) is 0.667. The van der Waals surface area contributed by atoms with Crippen LogP contribution in [0.25, 0.3) is 0 Å². The maximum Gasteiger partial charge on any atom is 0.197 e. The fourth-order valence-electron chi connectivity index (χ4n) is 1.47. The van der Waals surface area contributed by atoms with Crippen molar-refractivity contribution in [3.05, 3.63) is 24.3 Å². The van der Waals surface area contributed by atoms with Gasteiger partial charge in [-0.2, -0.15) is 0 Å². The zero-order valence-electron chi connectivity index (χ0n) is 11.4. The second-order valence-electron chi connectivity index (χ2n) is 3.65. The second kappa shape index (κ2) is 7.95. The largest absolute Gasteiger partial charge is 0.461 e. The fraction of sp³-hybridized carbons (Fsp3) is 0.571. The number of hydrogen-bond donors (Lipinski definition) is 0. The third kappa shape index (κ3) is 4.94.